The summed E-state index contributed by atoms with van der Waals surface area (Å²) >= 11 is 1.31. The molecule has 0 aliphatic carbocycles. The number of hydrogen-bond acceptors (Lipinski definition) is 8. The standard InChI is InChI=1S/C16H15N5O4S/c1-25-9-2-4-20(7-9)11-6-18-12-13(22)10(15(23)24)8-21(14(12)19-11)16-17-3-5-26-16/h3,5-6,8-9H,2,4,7H2,1H3,(H,23,24). The molecule has 1 saturated heterocycles. The Labute approximate surface area is 151 Å². The Bertz CT molecular complexity index is 1030. The van der Waals surface area contributed by atoms with E-state index in [0.717, 1.165) is 13.0 Å². The molecule has 10 heteroatoms. The Morgan fingerprint density at radius 1 is 1.42 bits per heavy atom. The summed E-state index contributed by atoms with van der Waals surface area (Å²) in [5, 5.41) is 11.6. The maximum Gasteiger partial charge on any atom is 0.341 e. The van der Waals surface area contributed by atoms with Gasteiger partial charge in [-0.2, -0.15) is 0 Å². The lowest BCUT2D eigenvalue weighted by atomic mass is 10.2. The van der Waals surface area contributed by atoms with Gasteiger partial charge in [-0.1, -0.05) is 0 Å². The van der Waals surface area contributed by atoms with Crippen LogP contribution in [0, 0.1) is 0 Å². The van der Waals surface area contributed by atoms with Crippen LogP contribution in [0.1, 0.15) is 16.8 Å². The van der Waals surface area contributed by atoms with Gasteiger partial charge in [-0.05, 0) is 6.42 Å². The van der Waals surface area contributed by atoms with Gasteiger partial charge in [0, 0.05) is 38.0 Å². The topological polar surface area (TPSA) is 110 Å². The lowest BCUT2D eigenvalue weighted by Crippen LogP contribution is -2.25. The number of carboxylic acids is 1. The number of methoxy groups -OCH3 is 1. The molecule has 1 unspecified atom stereocenters. The fraction of sp³-hybridized carbons (Fsp3) is 0.312. The number of aromatic nitrogens is 4. The van der Waals surface area contributed by atoms with Crippen molar-refractivity contribution in [1.29, 1.82) is 0 Å². The van der Waals surface area contributed by atoms with Crippen LogP contribution in [0.15, 0.2) is 28.8 Å². The molecule has 134 valence electrons. The molecule has 26 heavy (non-hydrogen) atoms. The molecule has 9 nitrogen and oxygen atoms in total. The van der Waals surface area contributed by atoms with Crippen LogP contribution in [0.2, 0.25) is 0 Å². The smallest absolute Gasteiger partial charge is 0.341 e. The molecule has 4 rings (SSSR count). The fourth-order valence-electron chi connectivity index (χ4n) is 2.99. The number of carboxylic acid groups (broad SMARTS) is 1. The molecule has 0 bridgehead atoms. The Morgan fingerprint density at radius 2 is 2.27 bits per heavy atom. The number of carbonyl (C=O) groups is 1. The minimum Gasteiger partial charge on any atom is -0.477 e. The van der Waals surface area contributed by atoms with Crippen molar-refractivity contribution in [1.82, 2.24) is 19.5 Å². The number of aromatic carboxylic acids is 1. The Balaban J connectivity index is 1.91. The molecular formula is C16H15N5O4S. The Hall–Kier alpha value is -2.85. The highest BCUT2D eigenvalue weighted by atomic mass is 32.1. The molecule has 3 aromatic rings. The van der Waals surface area contributed by atoms with E-state index in [9.17, 15) is 14.7 Å². The Morgan fingerprint density at radius 3 is 2.92 bits per heavy atom. The first-order valence-electron chi connectivity index (χ1n) is 7.92. The average molecular weight is 373 g/mol. The third-order valence-corrected chi connectivity index (χ3v) is 5.12. The van der Waals surface area contributed by atoms with Gasteiger partial charge < -0.3 is 14.7 Å². The Kier molecular flexibility index (Phi) is 4.13. The van der Waals surface area contributed by atoms with Gasteiger partial charge >= 0.3 is 5.97 Å². The molecule has 0 saturated carbocycles. The van der Waals surface area contributed by atoms with Crippen LogP contribution in [-0.4, -0.2) is 56.9 Å². The lowest BCUT2D eigenvalue weighted by molar-refractivity contribution is 0.0695. The molecular weight excluding hydrogens is 358 g/mol. The SMILES string of the molecule is COC1CCN(c2cnc3c(=O)c(C(=O)O)cn(-c4nccs4)c3n2)C1. The van der Waals surface area contributed by atoms with E-state index < -0.39 is 11.4 Å². The van der Waals surface area contributed by atoms with Gasteiger partial charge in [0.15, 0.2) is 16.3 Å². The maximum absolute atomic E-state index is 12.5. The van der Waals surface area contributed by atoms with Gasteiger partial charge in [-0.25, -0.2) is 19.7 Å². The third kappa shape index (κ3) is 2.72. The van der Waals surface area contributed by atoms with Crippen LogP contribution in [0.4, 0.5) is 5.82 Å². The van der Waals surface area contributed by atoms with E-state index in [1.54, 1.807) is 18.7 Å². The molecule has 1 aliphatic heterocycles. The first-order chi connectivity index (χ1) is 12.6. The van der Waals surface area contributed by atoms with E-state index >= 15 is 0 Å². The first-order valence-corrected chi connectivity index (χ1v) is 8.79. The van der Waals surface area contributed by atoms with E-state index in [4.69, 9.17) is 4.74 Å². The molecule has 0 amide bonds. The molecule has 0 aromatic carbocycles. The monoisotopic (exact) mass is 373 g/mol. The predicted octanol–water partition coefficient (Wildman–Crippen LogP) is 1.16. The van der Waals surface area contributed by atoms with Crippen LogP contribution in [0.5, 0.6) is 0 Å². The third-order valence-electron chi connectivity index (χ3n) is 4.35. The van der Waals surface area contributed by atoms with Gasteiger partial charge in [-0.3, -0.25) is 9.36 Å². The van der Waals surface area contributed by atoms with Crippen molar-refractivity contribution in [2.45, 2.75) is 12.5 Å². The van der Waals surface area contributed by atoms with E-state index in [0.29, 0.717) is 17.5 Å². The van der Waals surface area contributed by atoms with Crippen molar-refractivity contribution in [3.8, 4) is 5.13 Å². The second-order valence-corrected chi connectivity index (χ2v) is 6.73. The van der Waals surface area contributed by atoms with Crippen LogP contribution in [-0.2, 0) is 4.74 Å². The summed E-state index contributed by atoms with van der Waals surface area (Å²) in [4.78, 5) is 39.0. The molecule has 3 aromatic heterocycles. The molecule has 1 aliphatic rings. The molecule has 0 radical (unpaired) electrons. The van der Waals surface area contributed by atoms with E-state index in [-0.39, 0.29) is 22.8 Å². The van der Waals surface area contributed by atoms with Crippen molar-refractivity contribution in [2.75, 3.05) is 25.1 Å². The second kappa shape index (κ2) is 6.46. The van der Waals surface area contributed by atoms with Crippen LogP contribution in [0.25, 0.3) is 16.3 Å². The van der Waals surface area contributed by atoms with Crippen molar-refractivity contribution in [3.63, 3.8) is 0 Å². The second-order valence-electron chi connectivity index (χ2n) is 5.85. The molecule has 1 atom stereocenters. The van der Waals surface area contributed by atoms with Gasteiger partial charge in [0.1, 0.15) is 11.4 Å². The van der Waals surface area contributed by atoms with Crippen LogP contribution >= 0.6 is 11.3 Å². The molecule has 0 spiro atoms. The van der Waals surface area contributed by atoms with Crippen LogP contribution in [0.3, 0.4) is 0 Å². The number of rotatable bonds is 4. The summed E-state index contributed by atoms with van der Waals surface area (Å²) in [5.41, 5.74) is -0.731. The van der Waals surface area contributed by atoms with Crippen molar-refractivity contribution in [2.24, 2.45) is 0 Å². The van der Waals surface area contributed by atoms with Crippen molar-refractivity contribution >= 4 is 34.3 Å². The zero-order valence-corrected chi connectivity index (χ0v) is 14.6. The maximum atomic E-state index is 12.5. The number of pyridine rings is 1. The number of fused-ring (bicyclic) bond motifs is 1. The van der Waals surface area contributed by atoms with E-state index in [1.165, 1.54) is 28.3 Å². The van der Waals surface area contributed by atoms with Gasteiger partial charge in [0.25, 0.3) is 0 Å². The average Bonchev–Trinajstić information content (AvgIpc) is 3.33. The zero-order chi connectivity index (χ0) is 18.3. The highest BCUT2D eigenvalue weighted by Gasteiger charge is 2.25. The summed E-state index contributed by atoms with van der Waals surface area (Å²) in [6, 6.07) is 0. The first kappa shape index (κ1) is 16.6. The quantitative estimate of drug-likeness (QED) is 0.725. The van der Waals surface area contributed by atoms with E-state index in [1.807, 2.05) is 4.90 Å². The summed E-state index contributed by atoms with van der Waals surface area (Å²) in [7, 11) is 1.67. The minimum atomic E-state index is -1.31. The van der Waals surface area contributed by atoms with Gasteiger partial charge in [0.05, 0.1) is 12.3 Å². The number of anilines is 1. The molecule has 4 heterocycles. The number of nitrogens with zero attached hydrogens (tertiary/aromatic N) is 5. The zero-order valence-electron chi connectivity index (χ0n) is 13.8. The van der Waals surface area contributed by atoms with E-state index in [2.05, 4.69) is 15.0 Å². The van der Waals surface area contributed by atoms with Crippen molar-refractivity contribution in [3.05, 3.63) is 39.8 Å². The summed E-state index contributed by atoms with van der Waals surface area (Å²) in [6.45, 7) is 1.46. The minimum absolute atomic E-state index is 0.00587. The largest absolute Gasteiger partial charge is 0.477 e. The number of thiazole rings is 1. The molecule has 1 fully saturated rings. The lowest BCUT2D eigenvalue weighted by Gasteiger charge is -2.18. The normalized spacial score (nSPS) is 17.1. The highest BCUT2D eigenvalue weighted by molar-refractivity contribution is 7.12. The summed E-state index contributed by atoms with van der Waals surface area (Å²) in [6.07, 6.45) is 5.37. The summed E-state index contributed by atoms with van der Waals surface area (Å²) < 4.78 is 6.88. The predicted molar refractivity (Wildman–Crippen MR) is 95.4 cm³/mol. The molecule has 1 N–H and O–H groups in total. The fourth-order valence-corrected chi connectivity index (χ4v) is 3.61. The highest BCUT2D eigenvalue weighted by Crippen LogP contribution is 2.23. The van der Waals surface area contributed by atoms with Gasteiger partial charge in [-0.15, -0.1) is 11.3 Å². The summed E-state index contributed by atoms with van der Waals surface area (Å²) in [5.74, 6) is -0.694. The van der Waals surface area contributed by atoms with Crippen LogP contribution < -0.4 is 10.3 Å². The number of ether oxygens (including phenoxy) is 1. The number of hydrogen-bond donors (Lipinski definition) is 1. The van der Waals surface area contributed by atoms with Crippen molar-refractivity contribution < 1.29 is 14.6 Å². The van der Waals surface area contributed by atoms with Gasteiger partial charge in [0.2, 0.25) is 5.43 Å².